The van der Waals surface area contributed by atoms with Crippen LogP contribution in [0.2, 0.25) is 0 Å². The van der Waals surface area contributed by atoms with Crippen molar-refractivity contribution in [1.82, 2.24) is 4.98 Å². The lowest BCUT2D eigenvalue weighted by Crippen LogP contribution is -1.97. The molecule has 0 fully saturated rings. The van der Waals surface area contributed by atoms with E-state index in [0.29, 0.717) is 18.3 Å². The molecule has 0 amide bonds. The number of pyridine rings is 1. The van der Waals surface area contributed by atoms with Crippen LogP contribution in [0.4, 0.5) is 5.82 Å². The van der Waals surface area contributed by atoms with Gasteiger partial charge in [0.25, 0.3) is 0 Å². The van der Waals surface area contributed by atoms with Gasteiger partial charge in [0.15, 0.2) is 0 Å². The number of aromatic nitrogens is 1. The molecule has 2 aromatic heterocycles. The lowest BCUT2D eigenvalue weighted by molar-refractivity contribution is 0.261. The summed E-state index contributed by atoms with van der Waals surface area (Å²) in [5.74, 6) is 1.71. The molecule has 4 nitrogen and oxygen atoms in total. The SMILES string of the molecule is Nc1cccc(OCc2ccco2)n1. The summed E-state index contributed by atoms with van der Waals surface area (Å²) >= 11 is 0. The smallest absolute Gasteiger partial charge is 0.215 e. The first-order valence-corrected chi connectivity index (χ1v) is 4.22. The van der Waals surface area contributed by atoms with Gasteiger partial charge < -0.3 is 14.9 Å². The molecule has 4 heteroatoms. The number of furan rings is 1. The molecule has 14 heavy (non-hydrogen) atoms. The van der Waals surface area contributed by atoms with Crippen molar-refractivity contribution in [3.63, 3.8) is 0 Å². The van der Waals surface area contributed by atoms with Crippen molar-refractivity contribution in [1.29, 1.82) is 0 Å². The van der Waals surface area contributed by atoms with E-state index in [-0.39, 0.29) is 0 Å². The lowest BCUT2D eigenvalue weighted by atomic mass is 10.4. The van der Waals surface area contributed by atoms with E-state index in [1.165, 1.54) is 0 Å². The van der Waals surface area contributed by atoms with Crippen molar-refractivity contribution in [2.75, 3.05) is 5.73 Å². The van der Waals surface area contributed by atoms with Crippen LogP contribution >= 0.6 is 0 Å². The van der Waals surface area contributed by atoms with E-state index >= 15 is 0 Å². The summed E-state index contributed by atoms with van der Waals surface area (Å²) in [5.41, 5.74) is 5.49. The molecule has 0 aromatic carbocycles. The maximum atomic E-state index is 5.49. The van der Waals surface area contributed by atoms with E-state index in [9.17, 15) is 0 Å². The van der Waals surface area contributed by atoms with Crippen molar-refractivity contribution in [3.05, 3.63) is 42.4 Å². The molecule has 2 aromatic rings. The Kier molecular flexibility index (Phi) is 2.36. The maximum Gasteiger partial charge on any atom is 0.215 e. The number of hydrogen-bond acceptors (Lipinski definition) is 4. The molecule has 72 valence electrons. The summed E-state index contributed by atoms with van der Waals surface area (Å²) < 4.78 is 10.4. The van der Waals surface area contributed by atoms with Gasteiger partial charge in [-0.2, -0.15) is 4.98 Å². The molecule has 2 rings (SSSR count). The fourth-order valence-electron chi connectivity index (χ4n) is 1.05. The number of nitrogen functional groups attached to an aromatic ring is 1. The molecule has 2 N–H and O–H groups in total. The first-order chi connectivity index (χ1) is 6.84. The predicted octanol–water partition coefficient (Wildman–Crippen LogP) is 1.84. The largest absolute Gasteiger partial charge is 0.469 e. The number of rotatable bonds is 3. The maximum absolute atomic E-state index is 5.49. The molecule has 0 aliphatic heterocycles. The summed E-state index contributed by atoms with van der Waals surface area (Å²) in [5, 5.41) is 0. The van der Waals surface area contributed by atoms with Gasteiger partial charge in [-0.15, -0.1) is 0 Å². The predicted molar refractivity (Wildman–Crippen MR) is 51.7 cm³/mol. The zero-order valence-corrected chi connectivity index (χ0v) is 7.51. The van der Waals surface area contributed by atoms with Crippen molar-refractivity contribution >= 4 is 5.82 Å². The quantitative estimate of drug-likeness (QED) is 0.802. The molecule has 0 saturated carbocycles. The minimum Gasteiger partial charge on any atom is -0.469 e. The van der Waals surface area contributed by atoms with E-state index in [1.54, 1.807) is 24.5 Å². The Labute approximate surface area is 81.3 Å². The zero-order valence-electron chi connectivity index (χ0n) is 7.51. The van der Waals surface area contributed by atoms with Gasteiger partial charge in [-0.3, -0.25) is 0 Å². The highest BCUT2D eigenvalue weighted by atomic mass is 16.5. The van der Waals surface area contributed by atoms with Crippen LogP contribution in [-0.2, 0) is 6.61 Å². The monoisotopic (exact) mass is 190 g/mol. The Morgan fingerprint density at radius 1 is 1.29 bits per heavy atom. The zero-order chi connectivity index (χ0) is 9.80. The number of nitrogens with zero attached hydrogens (tertiary/aromatic N) is 1. The highest BCUT2D eigenvalue weighted by molar-refractivity contribution is 5.31. The minimum atomic E-state index is 0.365. The van der Waals surface area contributed by atoms with Gasteiger partial charge in [0.1, 0.15) is 18.2 Å². The topological polar surface area (TPSA) is 61.3 Å². The Balaban J connectivity index is 1.98. The molecule has 0 aliphatic rings. The second kappa shape index (κ2) is 3.83. The van der Waals surface area contributed by atoms with Crippen LogP contribution in [0.15, 0.2) is 41.0 Å². The van der Waals surface area contributed by atoms with Gasteiger partial charge in [0.2, 0.25) is 5.88 Å². The number of ether oxygens (including phenoxy) is 1. The summed E-state index contributed by atoms with van der Waals surface area (Å²) in [4.78, 5) is 3.99. The van der Waals surface area contributed by atoms with Crippen LogP contribution in [0.1, 0.15) is 5.76 Å². The van der Waals surface area contributed by atoms with E-state index < -0.39 is 0 Å². The molecule has 0 spiro atoms. The molecule has 2 heterocycles. The Morgan fingerprint density at radius 2 is 2.21 bits per heavy atom. The first-order valence-electron chi connectivity index (χ1n) is 4.22. The standard InChI is InChI=1S/C10H10N2O2/c11-9-4-1-5-10(12-9)14-7-8-3-2-6-13-8/h1-6H,7H2,(H2,11,12). The molecular weight excluding hydrogens is 180 g/mol. The normalized spacial score (nSPS) is 10.0. The van der Waals surface area contributed by atoms with Crippen LogP contribution in [0.25, 0.3) is 0 Å². The fourth-order valence-corrected chi connectivity index (χ4v) is 1.05. The number of hydrogen-bond donors (Lipinski definition) is 1. The van der Waals surface area contributed by atoms with Crippen LogP contribution in [0.3, 0.4) is 0 Å². The van der Waals surface area contributed by atoms with Crippen molar-refractivity contribution in [3.8, 4) is 5.88 Å². The van der Waals surface area contributed by atoms with Crippen LogP contribution in [0, 0.1) is 0 Å². The van der Waals surface area contributed by atoms with Crippen LogP contribution < -0.4 is 10.5 Å². The van der Waals surface area contributed by atoms with Gasteiger partial charge in [0.05, 0.1) is 6.26 Å². The van der Waals surface area contributed by atoms with E-state index in [1.807, 2.05) is 12.1 Å². The fraction of sp³-hybridized carbons (Fsp3) is 0.100. The first kappa shape index (κ1) is 8.62. The second-order valence-electron chi connectivity index (χ2n) is 2.77. The molecular formula is C10H10N2O2. The van der Waals surface area contributed by atoms with E-state index in [0.717, 1.165) is 5.76 Å². The van der Waals surface area contributed by atoms with Gasteiger partial charge in [-0.25, -0.2) is 0 Å². The van der Waals surface area contributed by atoms with Crippen molar-refractivity contribution in [2.24, 2.45) is 0 Å². The third-order valence-electron chi connectivity index (χ3n) is 1.69. The lowest BCUT2D eigenvalue weighted by Gasteiger charge is -2.02. The second-order valence-corrected chi connectivity index (χ2v) is 2.77. The number of anilines is 1. The molecule has 0 bridgehead atoms. The van der Waals surface area contributed by atoms with Gasteiger partial charge in [0, 0.05) is 6.07 Å². The Bertz CT molecular complexity index is 398. The van der Waals surface area contributed by atoms with Crippen molar-refractivity contribution < 1.29 is 9.15 Å². The van der Waals surface area contributed by atoms with Crippen LogP contribution in [-0.4, -0.2) is 4.98 Å². The van der Waals surface area contributed by atoms with Crippen LogP contribution in [0.5, 0.6) is 5.88 Å². The Hall–Kier alpha value is -1.97. The summed E-state index contributed by atoms with van der Waals surface area (Å²) in [7, 11) is 0. The molecule has 0 radical (unpaired) electrons. The molecule has 0 saturated heterocycles. The molecule has 0 atom stereocenters. The third kappa shape index (κ3) is 2.04. The Morgan fingerprint density at radius 3 is 2.93 bits per heavy atom. The number of nitrogens with two attached hydrogens (primary N) is 1. The summed E-state index contributed by atoms with van der Waals surface area (Å²) in [6.07, 6.45) is 1.60. The third-order valence-corrected chi connectivity index (χ3v) is 1.69. The average molecular weight is 190 g/mol. The van der Waals surface area contributed by atoms with Gasteiger partial charge in [-0.1, -0.05) is 6.07 Å². The highest BCUT2D eigenvalue weighted by Crippen LogP contribution is 2.11. The average Bonchev–Trinajstić information content (AvgIpc) is 2.67. The van der Waals surface area contributed by atoms with Gasteiger partial charge >= 0.3 is 0 Å². The van der Waals surface area contributed by atoms with Crippen molar-refractivity contribution in [2.45, 2.75) is 6.61 Å². The minimum absolute atomic E-state index is 0.365. The van der Waals surface area contributed by atoms with E-state index in [2.05, 4.69) is 4.98 Å². The molecule has 0 aliphatic carbocycles. The van der Waals surface area contributed by atoms with E-state index in [4.69, 9.17) is 14.9 Å². The summed E-state index contributed by atoms with van der Waals surface area (Å²) in [6.45, 7) is 0.365. The highest BCUT2D eigenvalue weighted by Gasteiger charge is 1.98. The summed E-state index contributed by atoms with van der Waals surface area (Å²) in [6, 6.07) is 8.90. The van der Waals surface area contributed by atoms with Gasteiger partial charge in [-0.05, 0) is 18.2 Å². The molecule has 0 unspecified atom stereocenters.